The average Bonchev–Trinajstić information content (AvgIpc) is 3.12. The van der Waals surface area contributed by atoms with Crippen LogP contribution in [0.5, 0.6) is 0 Å². The zero-order valence-corrected chi connectivity index (χ0v) is 27.4. The SMILES string of the molecule is C=CC[C@H](C(N)=O)[C@@H](CC(C)C)C(=O)NC1C(=O)N(Cc2cccc(-c3ccc(Cl)cc3Cl)c2)c2ccccc2-c2ccccc21. The number of fused-ring (bicyclic) bond motifs is 3. The van der Waals surface area contributed by atoms with Crippen molar-refractivity contribution in [1.82, 2.24) is 5.32 Å². The molecule has 1 aliphatic rings. The number of primary amides is 1. The fraction of sp³-hybridized carbons (Fsp3) is 0.237. The second kappa shape index (κ2) is 14.4. The molecule has 0 fully saturated rings. The number of anilines is 1. The number of nitrogens with one attached hydrogen (secondary N) is 1. The first-order chi connectivity index (χ1) is 22.1. The maximum absolute atomic E-state index is 14.7. The fourth-order valence-corrected chi connectivity index (χ4v) is 6.77. The van der Waals surface area contributed by atoms with Crippen LogP contribution in [-0.4, -0.2) is 17.7 Å². The van der Waals surface area contributed by atoms with Gasteiger partial charge in [0.05, 0.1) is 24.1 Å². The third kappa shape index (κ3) is 7.04. The van der Waals surface area contributed by atoms with Crippen LogP contribution in [0.25, 0.3) is 22.3 Å². The van der Waals surface area contributed by atoms with E-state index in [-0.39, 0.29) is 24.8 Å². The molecule has 3 N–H and O–H groups in total. The normalized spacial score (nSPS) is 15.4. The Labute approximate surface area is 280 Å². The highest BCUT2D eigenvalue weighted by Gasteiger charge is 2.38. The summed E-state index contributed by atoms with van der Waals surface area (Å²) < 4.78 is 0. The highest BCUT2D eigenvalue weighted by atomic mass is 35.5. The smallest absolute Gasteiger partial charge is 0.254 e. The number of carbonyl (C=O) groups is 3. The van der Waals surface area contributed by atoms with Crippen molar-refractivity contribution in [2.24, 2.45) is 23.5 Å². The van der Waals surface area contributed by atoms with Crippen LogP contribution in [0.15, 0.2) is 104 Å². The van der Waals surface area contributed by atoms with Gasteiger partial charge in [-0.25, -0.2) is 0 Å². The molecule has 5 rings (SSSR count). The first-order valence-corrected chi connectivity index (χ1v) is 16.1. The lowest BCUT2D eigenvalue weighted by atomic mass is 9.82. The van der Waals surface area contributed by atoms with Gasteiger partial charge in [-0.1, -0.05) is 110 Å². The monoisotopic (exact) mass is 653 g/mol. The van der Waals surface area contributed by atoms with Gasteiger partial charge in [-0.05, 0) is 65.3 Å². The highest BCUT2D eigenvalue weighted by Crippen LogP contribution is 2.41. The summed E-state index contributed by atoms with van der Waals surface area (Å²) in [6.07, 6.45) is 2.30. The molecule has 6 nitrogen and oxygen atoms in total. The molecule has 0 saturated heterocycles. The maximum Gasteiger partial charge on any atom is 0.254 e. The number of para-hydroxylation sites is 1. The van der Waals surface area contributed by atoms with E-state index in [1.54, 1.807) is 23.1 Å². The van der Waals surface area contributed by atoms with Crippen LogP contribution in [0, 0.1) is 17.8 Å². The van der Waals surface area contributed by atoms with Gasteiger partial charge in [0.1, 0.15) is 6.04 Å². The zero-order chi connectivity index (χ0) is 33.0. The van der Waals surface area contributed by atoms with E-state index in [9.17, 15) is 14.4 Å². The number of benzene rings is 4. The molecular weight excluding hydrogens is 617 g/mol. The molecule has 8 heteroatoms. The number of carbonyl (C=O) groups excluding carboxylic acids is 3. The highest BCUT2D eigenvalue weighted by molar-refractivity contribution is 6.36. The molecule has 3 amide bonds. The van der Waals surface area contributed by atoms with Crippen molar-refractivity contribution in [3.8, 4) is 22.3 Å². The third-order valence-electron chi connectivity index (χ3n) is 8.40. The van der Waals surface area contributed by atoms with E-state index in [1.807, 2.05) is 92.7 Å². The standard InChI is InChI=1S/C38H37Cl2N3O3/c1-4-10-31(36(41)44)32(19-23(2)3)37(45)42-35-30-15-6-5-13-28(30)29-14-7-8-16-34(29)43(38(35)46)22-24-11-9-12-25(20-24)27-18-17-26(39)21-33(27)40/h4-9,11-18,20-21,23,31-32,35H,1,10,19,22H2,2-3H3,(H2,41,44)(H,42,45)/t31-,32+,35?/m0/s1. The minimum atomic E-state index is -1.00. The predicted octanol–water partition coefficient (Wildman–Crippen LogP) is 8.37. The largest absolute Gasteiger partial charge is 0.369 e. The second-order valence-corrected chi connectivity index (χ2v) is 12.9. The Bertz CT molecular complexity index is 1790. The molecule has 0 spiro atoms. The Morgan fingerprint density at radius 3 is 2.33 bits per heavy atom. The summed E-state index contributed by atoms with van der Waals surface area (Å²) in [5.74, 6) is -2.60. The molecule has 0 bridgehead atoms. The van der Waals surface area contributed by atoms with E-state index >= 15 is 0 Å². The number of amides is 3. The van der Waals surface area contributed by atoms with Crippen LogP contribution in [0.2, 0.25) is 10.0 Å². The second-order valence-electron chi connectivity index (χ2n) is 12.1. The van der Waals surface area contributed by atoms with E-state index < -0.39 is 29.7 Å². The molecular formula is C38H37Cl2N3O3. The topological polar surface area (TPSA) is 92.5 Å². The molecule has 0 aromatic heterocycles. The summed E-state index contributed by atoms with van der Waals surface area (Å²) in [5, 5.41) is 4.14. The lowest BCUT2D eigenvalue weighted by molar-refractivity contribution is -0.135. The quantitative estimate of drug-likeness (QED) is 0.159. The molecule has 1 aliphatic heterocycles. The van der Waals surface area contributed by atoms with Crippen molar-refractivity contribution in [3.63, 3.8) is 0 Å². The third-order valence-corrected chi connectivity index (χ3v) is 8.95. The lowest BCUT2D eigenvalue weighted by Gasteiger charge is -2.30. The average molecular weight is 655 g/mol. The maximum atomic E-state index is 14.7. The van der Waals surface area contributed by atoms with E-state index in [4.69, 9.17) is 28.9 Å². The number of rotatable bonds is 11. The van der Waals surface area contributed by atoms with Crippen LogP contribution in [-0.2, 0) is 20.9 Å². The van der Waals surface area contributed by atoms with Crippen molar-refractivity contribution in [1.29, 1.82) is 0 Å². The summed E-state index contributed by atoms with van der Waals surface area (Å²) in [6, 6.07) is 27.6. The van der Waals surface area contributed by atoms with E-state index in [2.05, 4.69) is 11.9 Å². The Kier molecular flexibility index (Phi) is 10.3. The summed E-state index contributed by atoms with van der Waals surface area (Å²) >= 11 is 12.7. The van der Waals surface area contributed by atoms with Crippen molar-refractivity contribution >= 4 is 46.6 Å². The van der Waals surface area contributed by atoms with Crippen LogP contribution < -0.4 is 16.0 Å². The number of nitrogens with zero attached hydrogens (tertiary/aromatic N) is 1. The van der Waals surface area contributed by atoms with Gasteiger partial charge in [0, 0.05) is 21.2 Å². The minimum Gasteiger partial charge on any atom is -0.369 e. The molecule has 4 aromatic carbocycles. The number of nitrogens with two attached hydrogens (primary N) is 1. The zero-order valence-electron chi connectivity index (χ0n) is 25.9. The first kappa shape index (κ1) is 33.0. The van der Waals surface area contributed by atoms with Crippen molar-refractivity contribution in [2.45, 2.75) is 39.3 Å². The molecule has 1 heterocycles. The molecule has 4 aromatic rings. The van der Waals surface area contributed by atoms with Gasteiger partial charge in [0.2, 0.25) is 11.8 Å². The Morgan fingerprint density at radius 1 is 0.913 bits per heavy atom. The minimum absolute atomic E-state index is 0.113. The first-order valence-electron chi connectivity index (χ1n) is 15.3. The number of halogens is 2. The van der Waals surface area contributed by atoms with Gasteiger partial charge in [0.15, 0.2) is 0 Å². The van der Waals surface area contributed by atoms with Gasteiger partial charge in [-0.2, -0.15) is 0 Å². The van der Waals surface area contributed by atoms with Gasteiger partial charge >= 0.3 is 0 Å². The van der Waals surface area contributed by atoms with Gasteiger partial charge in [-0.15, -0.1) is 6.58 Å². The number of allylic oxidation sites excluding steroid dienone is 1. The molecule has 0 saturated carbocycles. The van der Waals surface area contributed by atoms with Crippen LogP contribution in [0.1, 0.15) is 43.9 Å². The number of hydrogen-bond donors (Lipinski definition) is 2. The Hall–Kier alpha value is -4.39. The Morgan fingerprint density at radius 2 is 1.63 bits per heavy atom. The molecule has 3 atom stereocenters. The van der Waals surface area contributed by atoms with E-state index in [0.717, 1.165) is 33.5 Å². The van der Waals surface area contributed by atoms with Crippen molar-refractivity contribution < 1.29 is 14.4 Å². The predicted molar refractivity (Wildman–Crippen MR) is 186 cm³/mol. The molecule has 236 valence electrons. The number of hydrogen-bond acceptors (Lipinski definition) is 3. The summed E-state index contributed by atoms with van der Waals surface area (Å²) in [5.41, 5.74) is 11.5. The summed E-state index contributed by atoms with van der Waals surface area (Å²) in [7, 11) is 0. The van der Waals surface area contributed by atoms with Gasteiger partial charge in [0.25, 0.3) is 5.91 Å². The molecule has 0 radical (unpaired) electrons. The van der Waals surface area contributed by atoms with Crippen molar-refractivity contribution in [2.75, 3.05) is 4.90 Å². The summed E-state index contributed by atoms with van der Waals surface area (Å²) in [6.45, 7) is 7.98. The molecule has 0 aliphatic carbocycles. The van der Waals surface area contributed by atoms with Gasteiger partial charge < -0.3 is 16.0 Å². The summed E-state index contributed by atoms with van der Waals surface area (Å²) in [4.78, 5) is 43.0. The van der Waals surface area contributed by atoms with E-state index in [1.165, 1.54) is 0 Å². The molecule has 46 heavy (non-hydrogen) atoms. The van der Waals surface area contributed by atoms with Crippen molar-refractivity contribution in [3.05, 3.63) is 125 Å². The van der Waals surface area contributed by atoms with Crippen LogP contribution in [0.4, 0.5) is 5.69 Å². The fourth-order valence-electron chi connectivity index (χ4n) is 6.25. The van der Waals surface area contributed by atoms with E-state index in [0.29, 0.717) is 22.0 Å². The Balaban J connectivity index is 1.57. The van der Waals surface area contributed by atoms with Crippen LogP contribution >= 0.6 is 23.2 Å². The van der Waals surface area contributed by atoms with Gasteiger partial charge in [-0.3, -0.25) is 14.4 Å². The lowest BCUT2D eigenvalue weighted by Crippen LogP contribution is -2.47. The molecule has 1 unspecified atom stereocenters. The van der Waals surface area contributed by atoms with Crippen LogP contribution in [0.3, 0.4) is 0 Å².